The van der Waals surface area contributed by atoms with E-state index in [-0.39, 0.29) is 23.0 Å². The van der Waals surface area contributed by atoms with Crippen LogP contribution in [0.4, 0.5) is 36.2 Å². The third-order valence-corrected chi connectivity index (χ3v) is 3.77. The molecule has 0 amide bonds. The van der Waals surface area contributed by atoms with Crippen LogP contribution in [-0.2, 0) is 10.9 Å². The summed E-state index contributed by atoms with van der Waals surface area (Å²) in [6.45, 7) is 1.72. The molecule has 0 aliphatic carbocycles. The van der Waals surface area contributed by atoms with E-state index in [1.54, 1.807) is 4.90 Å². The van der Waals surface area contributed by atoms with Crippen molar-refractivity contribution in [2.45, 2.75) is 6.18 Å². The second-order valence-electron chi connectivity index (χ2n) is 5.45. The van der Waals surface area contributed by atoms with Crippen LogP contribution < -0.4 is 10.2 Å². The number of anilines is 3. The van der Waals surface area contributed by atoms with E-state index in [4.69, 9.17) is 4.74 Å². The summed E-state index contributed by atoms with van der Waals surface area (Å²) < 4.78 is 43.1. The van der Waals surface area contributed by atoms with Crippen molar-refractivity contribution in [3.05, 3.63) is 46.3 Å². The van der Waals surface area contributed by atoms with Crippen molar-refractivity contribution in [2.24, 2.45) is 0 Å². The van der Waals surface area contributed by atoms with E-state index in [0.717, 1.165) is 12.1 Å². The molecular formula is C15H14F3N5O3. The second kappa shape index (κ2) is 7.12. The Kier molecular flexibility index (Phi) is 4.89. The maximum Gasteiger partial charge on any atom is 0.416 e. The number of ether oxygens (including phenoxy) is 1. The van der Waals surface area contributed by atoms with Gasteiger partial charge in [0, 0.05) is 18.8 Å². The molecule has 2 aromatic rings. The lowest BCUT2D eigenvalue weighted by atomic mass is 10.2. The van der Waals surface area contributed by atoms with Gasteiger partial charge >= 0.3 is 11.9 Å². The van der Waals surface area contributed by atoms with Crippen LogP contribution >= 0.6 is 0 Å². The lowest BCUT2D eigenvalue weighted by molar-refractivity contribution is -0.383. The van der Waals surface area contributed by atoms with Crippen LogP contribution in [0.15, 0.2) is 30.6 Å². The molecule has 0 spiro atoms. The molecule has 1 N–H and O–H groups in total. The van der Waals surface area contributed by atoms with E-state index >= 15 is 0 Å². The van der Waals surface area contributed by atoms with Crippen LogP contribution in [0.2, 0.25) is 0 Å². The number of hydrogen-bond donors (Lipinski definition) is 1. The molecule has 1 saturated heterocycles. The first kappa shape index (κ1) is 17.9. The monoisotopic (exact) mass is 369 g/mol. The number of hydrogen-bond acceptors (Lipinski definition) is 7. The third-order valence-electron chi connectivity index (χ3n) is 3.77. The minimum Gasteiger partial charge on any atom is -0.378 e. The lowest BCUT2D eigenvalue weighted by Crippen LogP contribution is -2.37. The van der Waals surface area contributed by atoms with E-state index in [1.807, 2.05) is 0 Å². The summed E-state index contributed by atoms with van der Waals surface area (Å²) in [6.07, 6.45) is -3.28. The SMILES string of the molecule is O=[N+]([O-])c1c(Nc2ccc(C(F)(F)F)cc2)ncnc1N1CCOCC1. The van der Waals surface area contributed by atoms with E-state index in [9.17, 15) is 23.3 Å². The fraction of sp³-hybridized carbons (Fsp3) is 0.333. The predicted molar refractivity (Wildman–Crippen MR) is 86.4 cm³/mol. The molecule has 0 unspecified atom stereocenters. The minimum absolute atomic E-state index is 0.0914. The molecule has 1 aliphatic rings. The Hall–Kier alpha value is -2.95. The summed E-state index contributed by atoms with van der Waals surface area (Å²) in [7, 11) is 0. The van der Waals surface area contributed by atoms with Crippen molar-refractivity contribution < 1.29 is 22.8 Å². The quantitative estimate of drug-likeness (QED) is 0.654. The Morgan fingerprint density at radius 2 is 1.81 bits per heavy atom. The van der Waals surface area contributed by atoms with Crippen LogP contribution in [-0.4, -0.2) is 41.2 Å². The number of benzene rings is 1. The van der Waals surface area contributed by atoms with Gasteiger partial charge in [0.2, 0.25) is 11.6 Å². The van der Waals surface area contributed by atoms with Crippen LogP contribution in [0.5, 0.6) is 0 Å². The number of rotatable bonds is 4. The fourth-order valence-corrected chi connectivity index (χ4v) is 2.51. The smallest absolute Gasteiger partial charge is 0.378 e. The van der Waals surface area contributed by atoms with Gasteiger partial charge < -0.3 is 15.0 Å². The molecule has 1 fully saturated rings. The van der Waals surface area contributed by atoms with Crippen molar-refractivity contribution in [3.63, 3.8) is 0 Å². The molecule has 0 saturated carbocycles. The topological polar surface area (TPSA) is 93.4 Å². The number of alkyl halides is 3. The summed E-state index contributed by atoms with van der Waals surface area (Å²) in [4.78, 5) is 20.5. The Bertz CT molecular complexity index is 792. The fourth-order valence-electron chi connectivity index (χ4n) is 2.51. The summed E-state index contributed by atoms with van der Waals surface area (Å²) in [5.74, 6) is 0.0500. The Balaban J connectivity index is 1.91. The maximum absolute atomic E-state index is 12.6. The first-order valence-corrected chi connectivity index (χ1v) is 7.62. The maximum atomic E-state index is 12.6. The van der Waals surface area contributed by atoms with Gasteiger partial charge in [0.05, 0.1) is 23.7 Å². The van der Waals surface area contributed by atoms with Gasteiger partial charge in [-0.1, -0.05) is 0 Å². The molecule has 2 heterocycles. The zero-order chi connectivity index (χ0) is 18.7. The minimum atomic E-state index is -4.46. The normalized spacial score (nSPS) is 15.0. The van der Waals surface area contributed by atoms with Crippen molar-refractivity contribution in [1.82, 2.24) is 9.97 Å². The second-order valence-corrected chi connectivity index (χ2v) is 5.45. The zero-order valence-corrected chi connectivity index (χ0v) is 13.4. The van der Waals surface area contributed by atoms with Crippen molar-refractivity contribution in [2.75, 3.05) is 36.5 Å². The summed E-state index contributed by atoms with van der Waals surface area (Å²) in [5, 5.41) is 14.2. The zero-order valence-electron chi connectivity index (χ0n) is 13.4. The third kappa shape index (κ3) is 3.82. The van der Waals surface area contributed by atoms with E-state index in [0.29, 0.717) is 26.3 Å². The van der Waals surface area contributed by atoms with Crippen LogP contribution in [0.3, 0.4) is 0 Å². The highest BCUT2D eigenvalue weighted by Crippen LogP contribution is 2.35. The predicted octanol–water partition coefficient (Wildman–Crippen LogP) is 2.98. The molecule has 11 heteroatoms. The summed E-state index contributed by atoms with van der Waals surface area (Å²) in [6, 6.07) is 4.14. The molecule has 0 atom stereocenters. The molecule has 138 valence electrons. The standard InChI is InChI=1S/C15H14F3N5O3/c16-15(17,18)10-1-3-11(4-2-10)21-13-12(23(24)25)14(20-9-19-13)22-5-7-26-8-6-22/h1-4,9H,5-8H2,(H,19,20,21). The first-order chi connectivity index (χ1) is 12.4. The number of aromatic nitrogens is 2. The molecule has 1 aromatic carbocycles. The number of halogens is 3. The number of nitrogens with zero attached hydrogens (tertiary/aromatic N) is 4. The Morgan fingerprint density at radius 1 is 1.15 bits per heavy atom. The van der Waals surface area contributed by atoms with Crippen LogP contribution in [0, 0.1) is 10.1 Å². The summed E-state index contributed by atoms with van der Waals surface area (Å²) in [5.41, 5.74) is -0.906. The van der Waals surface area contributed by atoms with Crippen LogP contribution in [0.25, 0.3) is 0 Å². The highest BCUT2D eigenvalue weighted by Gasteiger charge is 2.31. The van der Waals surface area contributed by atoms with Crippen LogP contribution in [0.1, 0.15) is 5.56 Å². The molecule has 0 bridgehead atoms. The molecule has 8 nitrogen and oxygen atoms in total. The van der Waals surface area contributed by atoms with Gasteiger partial charge in [0.1, 0.15) is 6.33 Å². The van der Waals surface area contributed by atoms with Gasteiger partial charge in [-0.15, -0.1) is 0 Å². The van der Waals surface area contributed by atoms with Crippen molar-refractivity contribution in [3.8, 4) is 0 Å². The molecular weight excluding hydrogens is 355 g/mol. The number of nitrogens with one attached hydrogen (secondary N) is 1. The Labute approximate surface area is 145 Å². The molecule has 1 aromatic heterocycles. The highest BCUT2D eigenvalue weighted by molar-refractivity contribution is 5.74. The van der Waals surface area contributed by atoms with Crippen molar-refractivity contribution >= 4 is 23.0 Å². The first-order valence-electron chi connectivity index (χ1n) is 7.62. The average molecular weight is 369 g/mol. The van der Waals surface area contributed by atoms with E-state index in [1.165, 1.54) is 18.5 Å². The molecule has 1 aliphatic heterocycles. The van der Waals surface area contributed by atoms with E-state index in [2.05, 4.69) is 15.3 Å². The molecule has 3 rings (SSSR count). The largest absolute Gasteiger partial charge is 0.416 e. The van der Waals surface area contributed by atoms with Gasteiger partial charge in [-0.05, 0) is 24.3 Å². The number of nitro groups is 1. The number of morpholine rings is 1. The summed E-state index contributed by atoms with van der Waals surface area (Å²) >= 11 is 0. The molecule has 26 heavy (non-hydrogen) atoms. The van der Waals surface area contributed by atoms with E-state index < -0.39 is 16.7 Å². The van der Waals surface area contributed by atoms with Gasteiger partial charge in [-0.3, -0.25) is 10.1 Å². The highest BCUT2D eigenvalue weighted by atomic mass is 19.4. The van der Waals surface area contributed by atoms with Gasteiger partial charge in [0.25, 0.3) is 0 Å². The average Bonchev–Trinajstić information content (AvgIpc) is 2.62. The van der Waals surface area contributed by atoms with Gasteiger partial charge in [-0.2, -0.15) is 13.2 Å². The van der Waals surface area contributed by atoms with Crippen molar-refractivity contribution in [1.29, 1.82) is 0 Å². The lowest BCUT2D eigenvalue weighted by Gasteiger charge is -2.27. The van der Waals surface area contributed by atoms with Gasteiger partial charge in [-0.25, -0.2) is 9.97 Å². The Morgan fingerprint density at radius 3 is 2.38 bits per heavy atom. The van der Waals surface area contributed by atoms with Gasteiger partial charge in [0.15, 0.2) is 0 Å². The molecule has 0 radical (unpaired) electrons.